The lowest BCUT2D eigenvalue weighted by molar-refractivity contribution is -0.138. The molecule has 27 heavy (non-hydrogen) atoms. The SMILES string of the molecule is CCCCN(C)CC1CCN(C(=O)C(c2ccccc2)N2CCCC2)CC1. The van der Waals surface area contributed by atoms with E-state index >= 15 is 0 Å². The Balaban J connectivity index is 1.58. The average molecular weight is 372 g/mol. The first-order valence-corrected chi connectivity index (χ1v) is 11.0. The molecule has 1 amide bonds. The summed E-state index contributed by atoms with van der Waals surface area (Å²) >= 11 is 0. The zero-order valence-corrected chi connectivity index (χ0v) is 17.3. The maximum atomic E-state index is 13.4. The third kappa shape index (κ3) is 5.55. The Hall–Kier alpha value is -1.39. The van der Waals surface area contributed by atoms with E-state index in [1.165, 1.54) is 38.8 Å². The zero-order chi connectivity index (χ0) is 19.1. The summed E-state index contributed by atoms with van der Waals surface area (Å²) in [5, 5.41) is 0. The summed E-state index contributed by atoms with van der Waals surface area (Å²) < 4.78 is 0. The highest BCUT2D eigenvalue weighted by atomic mass is 16.2. The minimum Gasteiger partial charge on any atom is -0.341 e. The molecule has 1 aromatic carbocycles. The zero-order valence-electron chi connectivity index (χ0n) is 17.3. The van der Waals surface area contributed by atoms with E-state index in [4.69, 9.17) is 0 Å². The number of unbranched alkanes of at least 4 members (excludes halogenated alkanes) is 1. The van der Waals surface area contributed by atoms with Gasteiger partial charge in [-0.2, -0.15) is 0 Å². The van der Waals surface area contributed by atoms with Gasteiger partial charge in [0.2, 0.25) is 5.91 Å². The molecule has 0 spiro atoms. The van der Waals surface area contributed by atoms with Gasteiger partial charge in [-0.1, -0.05) is 43.7 Å². The molecule has 2 aliphatic rings. The van der Waals surface area contributed by atoms with Crippen molar-refractivity contribution in [3.05, 3.63) is 35.9 Å². The maximum absolute atomic E-state index is 13.4. The van der Waals surface area contributed by atoms with Gasteiger partial charge in [-0.3, -0.25) is 9.69 Å². The number of hydrogen-bond acceptors (Lipinski definition) is 3. The van der Waals surface area contributed by atoms with Gasteiger partial charge in [-0.15, -0.1) is 0 Å². The maximum Gasteiger partial charge on any atom is 0.244 e. The van der Waals surface area contributed by atoms with Crippen molar-refractivity contribution in [3.8, 4) is 0 Å². The number of carbonyl (C=O) groups is 1. The molecule has 4 heteroatoms. The smallest absolute Gasteiger partial charge is 0.244 e. The molecular weight excluding hydrogens is 334 g/mol. The fourth-order valence-corrected chi connectivity index (χ4v) is 4.61. The predicted octanol–water partition coefficient (Wildman–Crippen LogP) is 3.79. The van der Waals surface area contributed by atoms with Gasteiger partial charge in [-0.05, 0) is 70.3 Å². The lowest BCUT2D eigenvalue weighted by atomic mass is 9.94. The predicted molar refractivity (Wildman–Crippen MR) is 112 cm³/mol. The largest absolute Gasteiger partial charge is 0.341 e. The Morgan fingerprint density at radius 1 is 1.11 bits per heavy atom. The minimum absolute atomic E-state index is 0.0857. The molecule has 2 heterocycles. The fraction of sp³-hybridized carbons (Fsp3) is 0.696. The molecule has 4 nitrogen and oxygen atoms in total. The van der Waals surface area contributed by atoms with Gasteiger partial charge < -0.3 is 9.80 Å². The van der Waals surface area contributed by atoms with Crippen LogP contribution in [-0.2, 0) is 4.79 Å². The van der Waals surface area contributed by atoms with E-state index < -0.39 is 0 Å². The molecule has 0 aromatic heterocycles. The number of nitrogens with zero attached hydrogens (tertiary/aromatic N) is 3. The van der Waals surface area contributed by atoms with Crippen LogP contribution in [0, 0.1) is 5.92 Å². The third-order valence-electron chi connectivity index (χ3n) is 6.24. The number of piperidine rings is 1. The molecule has 150 valence electrons. The van der Waals surface area contributed by atoms with E-state index in [0.717, 1.165) is 50.5 Å². The molecule has 2 saturated heterocycles. The van der Waals surface area contributed by atoms with Gasteiger partial charge in [0.15, 0.2) is 0 Å². The lowest BCUT2D eigenvalue weighted by Crippen LogP contribution is -2.46. The van der Waals surface area contributed by atoms with Crippen LogP contribution in [0.15, 0.2) is 30.3 Å². The molecule has 0 saturated carbocycles. The standard InChI is InChI=1S/C23H37N3O/c1-3-4-14-24(2)19-20-12-17-26(18-13-20)23(27)22(25-15-8-9-16-25)21-10-6-5-7-11-21/h5-7,10-11,20,22H,3-4,8-9,12-19H2,1-2H3. The number of hydrogen-bond donors (Lipinski definition) is 0. The van der Waals surface area contributed by atoms with Gasteiger partial charge in [0.1, 0.15) is 6.04 Å². The number of amides is 1. The summed E-state index contributed by atoms with van der Waals surface area (Å²) in [6.07, 6.45) is 7.25. The fourth-order valence-electron chi connectivity index (χ4n) is 4.61. The van der Waals surface area contributed by atoms with Crippen LogP contribution in [0.2, 0.25) is 0 Å². The summed E-state index contributed by atoms with van der Waals surface area (Å²) in [6.45, 7) is 8.55. The van der Waals surface area contributed by atoms with E-state index in [0.29, 0.717) is 5.91 Å². The quantitative estimate of drug-likeness (QED) is 0.695. The molecule has 0 aliphatic carbocycles. The first-order valence-electron chi connectivity index (χ1n) is 11.0. The van der Waals surface area contributed by atoms with E-state index in [2.05, 4.69) is 52.9 Å². The van der Waals surface area contributed by atoms with Crippen LogP contribution in [0.3, 0.4) is 0 Å². The van der Waals surface area contributed by atoms with Crippen LogP contribution >= 0.6 is 0 Å². The first kappa shape index (κ1) is 20.3. The molecule has 1 unspecified atom stereocenters. The van der Waals surface area contributed by atoms with E-state index in [9.17, 15) is 4.79 Å². The molecular formula is C23H37N3O. The summed E-state index contributed by atoms with van der Waals surface area (Å²) in [6, 6.07) is 10.3. The molecule has 0 radical (unpaired) electrons. The van der Waals surface area contributed by atoms with E-state index in [-0.39, 0.29) is 6.04 Å². The van der Waals surface area contributed by atoms with Crippen LogP contribution in [0.4, 0.5) is 0 Å². The molecule has 0 N–H and O–H groups in total. The van der Waals surface area contributed by atoms with Crippen molar-refractivity contribution in [1.82, 2.24) is 14.7 Å². The highest BCUT2D eigenvalue weighted by molar-refractivity contribution is 5.83. The van der Waals surface area contributed by atoms with Crippen molar-refractivity contribution in [1.29, 1.82) is 0 Å². The van der Waals surface area contributed by atoms with Gasteiger partial charge in [0.05, 0.1) is 0 Å². The number of benzene rings is 1. The summed E-state index contributed by atoms with van der Waals surface area (Å²) in [7, 11) is 2.24. The molecule has 1 atom stereocenters. The summed E-state index contributed by atoms with van der Waals surface area (Å²) in [4.78, 5) is 20.4. The second-order valence-electron chi connectivity index (χ2n) is 8.44. The van der Waals surface area contributed by atoms with E-state index in [1.54, 1.807) is 0 Å². The number of likely N-dealkylation sites (tertiary alicyclic amines) is 2. The third-order valence-corrected chi connectivity index (χ3v) is 6.24. The van der Waals surface area contributed by atoms with E-state index in [1.807, 2.05) is 6.07 Å². The highest BCUT2D eigenvalue weighted by Gasteiger charge is 2.34. The summed E-state index contributed by atoms with van der Waals surface area (Å²) in [5.74, 6) is 1.05. The normalized spacial score (nSPS) is 20.3. The summed E-state index contributed by atoms with van der Waals surface area (Å²) in [5.41, 5.74) is 1.16. The lowest BCUT2D eigenvalue weighted by Gasteiger charge is -2.37. The Bertz CT molecular complexity index is 562. The second-order valence-corrected chi connectivity index (χ2v) is 8.44. The van der Waals surface area contributed by atoms with Crippen molar-refractivity contribution in [2.24, 2.45) is 5.92 Å². The molecule has 2 fully saturated rings. The average Bonchev–Trinajstić information content (AvgIpc) is 3.22. The van der Waals surface area contributed by atoms with Crippen molar-refractivity contribution >= 4 is 5.91 Å². The van der Waals surface area contributed by atoms with Crippen LogP contribution < -0.4 is 0 Å². The van der Waals surface area contributed by atoms with Crippen LogP contribution in [-0.4, -0.2) is 66.9 Å². The Labute approximate surface area is 165 Å². The Kier molecular flexibility index (Phi) is 7.71. The van der Waals surface area contributed by atoms with Gasteiger partial charge in [0, 0.05) is 19.6 Å². The highest BCUT2D eigenvalue weighted by Crippen LogP contribution is 2.29. The Morgan fingerprint density at radius 3 is 2.41 bits per heavy atom. The van der Waals surface area contributed by atoms with Gasteiger partial charge in [-0.25, -0.2) is 0 Å². The van der Waals surface area contributed by atoms with Crippen LogP contribution in [0.5, 0.6) is 0 Å². The van der Waals surface area contributed by atoms with Gasteiger partial charge >= 0.3 is 0 Å². The second kappa shape index (κ2) is 10.2. The van der Waals surface area contributed by atoms with Crippen molar-refractivity contribution in [2.45, 2.75) is 51.5 Å². The van der Waals surface area contributed by atoms with Crippen LogP contribution in [0.1, 0.15) is 57.1 Å². The molecule has 3 rings (SSSR count). The molecule has 2 aliphatic heterocycles. The van der Waals surface area contributed by atoms with Crippen LogP contribution in [0.25, 0.3) is 0 Å². The Morgan fingerprint density at radius 2 is 1.78 bits per heavy atom. The van der Waals surface area contributed by atoms with Crippen molar-refractivity contribution in [3.63, 3.8) is 0 Å². The van der Waals surface area contributed by atoms with Crippen molar-refractivity contribution in [2.75, 3.05) is 46.3 Å². The molecule has 1 aromatic rings. The van der Waals surface area contributed by atoms with Crippen molar-refractivity contribution < 1.29 is 4.79 Å². The first-order chi connectivity index (χ1) is 13.2. The number of carbonyl (C=O) groups excluding carboxylic acids is 1. The molecule has 0 bridgehead atoms. The minimum atomic E-state index is -0.0857. The number of rotatable bonds is 8. The topological polar surface area (TPSA) is 26.8 Å². The van der Waals surface area contributed by atoms with Gasteiger partial charge in [0.25, 0.3) is 0 Å². The monoisotopic (exact) mass is 371 g/mol.